The quantitative estimate of drug-likeness (QED) is 0.634. The lowest BCUT2D eigenvalue weighted by molar-refractivity contribution is 0.542. The van der Waals surface area contributed by atoms with Gasteiger partial charge in [-0.05, 0) is 23.6 Å². The first-order chi connectivity index (χ1) is 10.4. The first-order valence-corrected chi connectivity index (χ1v) is 7.32. The highest BCUT2D eigenvalue weighted by Crippen LogP contribution is 2.26. The zero-order chi connectivity index (χ0) is 14.5. The van der Waals surface area contributed by atoms with Gasteiger partial charge in [-0.1, -0.05) is 54.6 Å². The third-order valence-electron chi connectivity index (χ3n) is 3.79. The lowest BCUT2D eigenvalue weighted by atomic mass is 10.0. The number of aromatic amines is 1. The van der Waals surface area contributed by atoms with Crippen LogP contribution in [0.3, 0.4) is 0 Å². The van der Waals surface area contributed by atoms with Gasteiger partial charge >= 0.3 is 0 Å². The third-order valence-corrected chi connectivity index (χ3v) is 3.79. The van der Waals surface area contributed by atoms with Crippen LogP contribution in [0.25, 0.3) is 10.9 Å². The van der Waals surface area contributed by atoms with Gasteiger partial charge in [-0.15, -0.1) is 6.58 Å². The average Bonchev–Trinajstić information content (AvgIpc) is 2.96. The molecule has 2 nitrogen and oxygen atoms in total. The fourth-order valence-corrected chi connectivity index (χ4v) is 2.71. The minimum absolute atomic E-state index is 0.277. The topological polar surface area (TPSA) is 27.8 Å². The van der Waals surface area contributed by atoms with Gasteiger partial charge in [0.1, 0.15) is 0 Å². The Hall–Kier alpha value is -2.32. The van der Waals surface area contributed by atoms with E-state index in [2.05, 4.69) is 71.6 Å². The summed E-state index contributed by atoms with van der Waals surface area (Å²) in [6, 6.07) is 19.2. The van der Waals surface area contributed by atoms with Crippen LogP contribution in [-0.4, -0.2) is 4.98 Å². The van der Waals surface area contributed by atoms with Crippen LogP contribution in [-0.2, 0) is 6.54 Å². The molecule has 3 rings (SSSR count). The predicted molar refractivity (Wildman–Crippen MR) is 89.1 cm³/mol. The van der Waals surface area contributed by atoms with Gasteiger partial charge in [0.25, 0.3) is 0 Å². The maximum Gasteiger partial charge on any atom is 0.0457 e. The Morgan fingerprint density at radius 1 is 1.05 bits per heavy atom. The van der Waals surface area contributed by atoms with Crippen LogP contribution in [0.15, 0.2) is 73.4 Å². The summed E-state index contributed by atoms with van der Waals surface area (Å²) in [5.41, 5.74) is 3.79. The summed E-state index contributed by atoms with van der Waals surface area (Å²) in [5.74, 6) is 0. The molecule has 1 atom stereocenters. The first-order valence-electron chi connectivity index (χ1n) is 7.32. The van der Waals surface area contributed by atoms with Crippen LogP contribution >= 0.6 is 0 Å². The zero-order valence-electron chi connectivity index (χ0n) is 12.0. The van der Waals surface area contributed by atoms with E-state index in [0.29, 0.717) is 0 Å². The third kappa shape index (κ3) is 3.06. The molecular weight excluding hydrogens is 256 g/mol. The van der Waals surface area contributed by atoms with Crippen molar-refractivity contribution >= 4 is 10.9 Å². The summed E-state index contributed by atoms with van der Waals surface area (Å²) >= 11 is 0. The van der Waals surface area contributed by atoms with Crippen LogP contribution < -0.4 is 5.32 Å². The van der Waals surface area contributed by atoms with Gasteiger partial charge in [0, 0.05) is 29.7 Å². The van der Waals surface area contributed by atoms with E-state index in [1.54, 1.807) is 0 Å². The summed E-state index contributed by atoms with van der Waals surface area (Å²) < 4.78 is 0. The molecule has 0 saturated carbocycles. The van der Waals surface area contributed by atoms with E-state index >= 15 is 0 Å². The van der Waals surface area contributed by atoms with Gasteiger partial charge in [0.05, 0.1) is 0 Å². The number of H-pyrrole nitrogens is 1. The van der Waals surface area contributed by atoms with E-state index < -0.39 is 0 Å². The lowest BCUT2D eigenvalue weighted by Gasteiger charge is -2.17. The summed E-state index contributed by atoms with van der Waals surface area (Å²) in [6.07, 6.45) is 5.00. The molecule has 1 unspecified atom stereocenters. The second-order valence-corrected chi connectivity index (χ2v) is 5.23. The molecule has 0 aliphatic carbocycles. The molecular formula is C19H20N2. The zero-order valence-corrected chi connectivity index (χ0v) is 12.0. The van der Waals surface area contributed by atoms with Gasteiger partial charge in [-0.3, -0.25) is 0 Å². The Balaban J connectivity index is 1.82. The summed E-state index contributed by atoms with van der Waals surface area (Å²) in [6.45, 7) is 4.76. The van der Waals surface area contributed by atoms with Crippen molar-refractivity contribution in [1.82, 2.24) is 10.3 Å². The highest BCUT2D eigenvalue weighted by Gasteiger charge is 2.13. The number of rotatable bonds is 6. The molecule has 0 radical (unpaired) electrons. The van der Waals surface area contributed by atoms with Crippen molar-refractivity contribution in [2.45, 2.75) is 19.0 Å². The molecule has 0 saturated heterocycles. The normalized spacial score (nSPS) is 12.4. The monoisotopic (exact) mass is 276 g/mol. The largest absolute Gasteiger partial charge is 0.361 e. The lowest BCUT2D eigenvalue weighted by Crippen LogP contribution is -2.20. The first kappa shape index (κ1) is 13.7. The summed E-state index contributed by atoms with van der Waals surface area (Å²) in [5, 5.41) is 4.92. The molecule has 0 bridgehead atoms. The minimum atomic E-state index is 0.277. The second-order valence-electron chi connectivity index (χ2n) is 5.23. The molecule has 0 fully saturated rings. The van der Waals surface area contributed by atoms with E-state index in [4.69, 9.17) is 0 Å². The van der Waals surface area contributed by atoms with E-state index in [0.717, 1.165) is 13.0 Å². The minimum Gasteiger partial charge on any atom is -0.361 e. The van der Waals surface area contributed by atoms with Crippen LogP contribution in [0.1, 0.15) is 23.6 Å². The van der Waals surface area contributed by atoms with Crippen molar-refractivity contribution in [1.29, 1.82) is 0 Å². The second kappa shape index (κ2) is 6.42. The van der Waals surface area contributed by atoms with Gasteiger partial charge in [-0.25, -0.2) is 0 Å². The van der Waals surface area contributed by atoms with Crippen molar-refractivity contribution in [3.63, 3.8) is 0 Å². The molecule has 2 heteroatoms. The van der Waals surface area contributed by atoms with Crippen molar-refractivity contribution in [2.75, 3.05) is 0 Å². The van der Waals surface area contributed by atoms with Crippen LogP contribution in [0.5, 0.6) is 0 Å². The number of hydrogen-bond acceptors (Lipinski definition) is 1. The molecule has 0 spiro atoms. The average molecular weight is 276 g/mol. The Bertz CT molecular complexity index is 713. The van der Waals surface area contributed by atoms with Gasteiger partial charge in [-0.2, -0.15) is 0 Å². The summed E-state index contributed by atoms with van der Waals surface area (Å²) in [7, 11) is 0. The molecule has 0 aliphatic rings. The predicted octanol–water partition coefficient (Wildman–Crippen LogP) is 4.57. The number of benzene rings is 2. The van der Waals surface area contributed by atoms with Gasteiger partial charge in [0.2, 0.25) is 0 Å². The molecule has 0 amide bonds. The Morgan fingerprint density at radius 3 is 2.62 bits per heavy atom. The maximum atomic E-state index is 3.90. The van der Waals surface area contributed by atoms with E-state index in [1.165, 1.54) is 22.0 Å². The molecule has 0 aliphatic heterocycles. The number of aromatic nitrogens is 1. The maximum absolute atomic E-state index is 3.90. The molecule has 1 heterocycles. The SMILES string of the molecule is C=CCC(NCc1ccccc1)c1c[nH]c2ccccc12. The highest BCUT2D eigenvalue weighted by atomic mass is 14.9. The number of para-hydroxylation sites is 1. The number of hydrogen-bond donors (Lipinski definition) is 2. The molecule has 2 N–H and O–H groups in total. The van der Waals surface area contributed by atoms with Crippen LogP contribution in [0, 0.1) is 0 Å². The highest BCUT2D eigenvalue weighted by molar-refractivity contribution is 5.83. The summed E-state index contributed by atoms with van der Waals surface area (Å²) in [4.78, 5) is 3.35. The van der Waals surface area contributed by atoms with Crippen molar-refractivity contribution in [3.05, 3.63) is 84.6 Å². The number of fused-ring (bicyclic) bond motifs is 1. The molecule has 3 aromatic rings. The Labute approximate surface area is 125 Å². The molecule has 1 aromatic heterocycles. The van der Waals surface area contributed by atoms with Crippen LogP contribution in [0.4, 0.5) is 0 Å². The smallest absolute Gasteiger partial charge is 0.0457 e. The standard InChI is InChI=1S/C19H20N2/c1-2-8-18(20-13-15-9-4-3-5-10-15)17-14-21-19-12-7-6-11-16(17)19/h2-7,9-12,14,18,20-21H,1,8,13H2. The van der Waals surface area contributed by atoms with Crippen molar-refractivity contribution < 1.29 is 0 Å². The fraction of sp³-hybridized carbons (Fsp3) is 0.158. The van der Waals surface area contributed by atoms with Crippen LogP contribution in [0.2, 0.25) is 0 Å². The fourth-order valence-electron chi connectivity index (χ4n) is 2.71. The van der Waals surface area contributed by atoms with E-state index in [-0.39, 0.29) is 6.04 Å². The molecule has 21 heavy (non-hydrogen) atoms. The van der Waals surface area contributed by atoms with Crippen molar-refractivity contribution in [2.24, 2.45) is 0 Å². The van der Waals surface area contributed by atoms with Gasteiger partial charge < -0.3 is 10.3 Å². The molecule has 106 valence electrons. The van der Waals surface area contributed by atoms with E-state index in [1.807, 2.05) is 12.1 Å². The van der Waals surface area contributed by atoms with E-state index in [9.17, 15) is 0 Å². The number of nitrogens with one attached hydrogen (secondary N) is 2. The molecule has 2 aromatic carbocycles. The van der Waals surface area contributed by atoms with Crippen molar-refractivity contribution in [3.8, 4) is 0 Å². The van der Waals surface area contributed by atoms with Gasteiger partial charge in [0.15, 0.2) is 0 Å². The Morgan fingerprint density at radius 2 is 1.81 bits per heavy atom. The Kier molecular flexibility index (Phi) is 4.17.